The van der Waals surface area contributed by atoms with Gasteiger partial charge in [-0.15, -0.1) is 16.7 Å². The van der Waals surface area contributed by atoms with E-state index in [9.17, 15) is 10.2 Å². The van der Waals surface area contributed by atoms with Gasteiger partial charge in [-0.3, -0.25) is 0 Å². The number of aliphatic hydroxyl groups is 3. The van der Waals surface area contributed by atoms with Gasteiger partial charge in [0.15, 0.2) is 6.23 Å². The van der Waals surface area contributed by atoms with E-state index in [1.165, 1.54) is 4.68 Å². The molecule has 2 rings (SSSR count). The molecule has 1 saturated heterocycles. The average Bonchev–Trinajstić information content (AvgIpc) is 2.94. The van der Waals surface area contributed by atoms with Crippen LogP contribution in [0.3, 0.4) is 0 Å². The predicted octanol–water partition coefficient (Wildman–Crippen LogP) is -0.939. The molecule has 1 fully saturated rings. The first-order chi connectivity index (χ1) is 8.67. The van der Waals surface area contributed by atoms with Crippen molar-refractivity contribution in [3.63, 3.8) is 0 Å². The van der Waals surface area contributed by atoms with Crippen molar-refractivity contribution in [2.24, 2.45) is 0 Å². The first-order valence-electron chi connectivity index (χ1n) is 5.76. The molecule has 0 spiro atoms. The Hall–Kier alpha value is -0.730. The van der Waals surface area contributed by atoms with Crippen LogP contribution >= 0.6 is 11.6 Å². The zero-order chi connectivity index (χ0) is 13.1. The van der Waals surface area contributed by atoms with Crippen LogP contribution in [0.2, 0.25) is 0 Å². The molecule has 0 aromatic carbocycles. The van der Waals surface area contributed by atoms with Crippen molar-refractivity contribution in [1.82, 2.24) is 15.0 Å². The van der Waals surface area contributed by atoms with Gasteiger partial charge in [-0.25, -0.2) is 4.68 Å². The van der Waals surface area contributed by atoms with Gasteiger partial charge < -0.3 is 20.1 Å². The van der Waals surface area contributed by atoms with Crippen LogP contribution in [-0.4, -0.2) is 61.1 Å². The lowest BCUT2D eigenvalue weighted by Crippen LogP contribution is -2.33. The van der Waals surface area contributed by atoms with E-state index >= 15 is 0 Å². The molecule has 1 aromatic heterocycles. The van der Waals surface area contributed by atoms with Gasteiger partial charge in [0, 0.05) is 5.88 Å². The predicted molar refractivity (Wildman–Crippen MR) is 62.1 cm³/mol. The number of hydrogen-bond donors (Lipinski definition) is 3. The minimum atomic E-state index is -1.13. The second-order valence-corrected chi connectivity index (χ2v) is 4.59. The Morgan fingerprint density at radius 3 is 2.78 bits per heavy atom. The quantitative estimate of drug-likeness (QED) is 0.601. The van der Waals surface area contributed by atoms with E-state index in [0.717, 1.165) is 12.1 Å². The summed E-state index contributed by atoms with van der Waals surface area (Å²) >= 11 is 5.59. The van der Waals surface area contributed by atoms with E-state index < -0.39 is 24.5 Å². The number of nitrogens with zero attached hydrogens (tertiary/aromatic N) is 3. The van der Waals surface area contributed by atoms with E-state index in [-0.39, 0.29) is 6.61 Å². The van der Waals surface area contributed by atoms with Crippen molar-refractivity contribution in [1.29, 1.82) is 0 Å². The second kappa shape index (κ2) is 5.94. The zero-order valence-corrected chi connectivity index (χ0v) is 10.4. The van der Waals surface area contributed by atoms with Gasteiger partial charge in [0.2, 0.25) is 0 Å². The third-order valence-corrected chi connectivity index (χ3v) is 3.17. The number of halogens is 1. The smallest absolute Gasteiger partial charge is 0.180 e. The molecule has 18 heavy (non-hydrogen) atoms. The molecular weight excluding hydrogens is 262 g/mol. The summed E-state index contributed by atoms with van der Waals surface area (Å²) in [6.07, 6.45) is -0.767. The van der Waals surface area contributed by atoms with Crippen LogP contribution in [0.25, 0.3) is 0 Å². The van der Waals surface area contributed by atoms with Crippen molar-refractivity contribution < 1.29 is 20.1 Å². The van der Waals surface area contributed by atoms with Crippen LogP contribution in [0.15, 0.2) is 6.20 Å². The molecule has 4 atom stereocenters. The highest BCUT2D eigenvalue weighted by molar-refractivity contribution is 6.17. The van der Waals surface area contributed by atoms with Crippen molar-refractivity contribution in [3.05, 3.63) is 11.9 Å². The van der Waals surface area contributed by atoms with Gasteiger partial charge in [0.25, 0.3) is 0 Å². The maximum absolute atomic E-state index is 9.80. The molecule has 0 radical (unpaired) electrons. The van der Waals surface area contributed by atoms with E-state index in [0.29, 0.717) is 12.3 Å². The molecule has 1 aliphatic rings. The van der Waals surface area contributed by atoms with Crippen LogP contribution in [0.4, 0.5) is 0 Å². The molecular formula is C10H16ClN3O4. The molecule has 3 N–H and O–H groups in total. The Morgan fingerprint density at radius 1 is 1.39 bits per heavy atom. The van der Waals surface area contributed by atoms with Gasteiger partial charge in [-0.1, -0.05) is 5.21 Å². The number of aliphatic hydroxyl groups excluding tert-OH is 3. The molecule has 2 heterocycles. The van der Waals surface area contributed by atoms with E-state index in [1.54, 1.807) is 6.20 Å². The normalized spacial score (nSPS) is 32.0. The van der Waals surface area contributed by atoms with Crippen molar-refractivity contribution >= 4 is 11.6 Å². The molecule has 0 amide bonds. The zero-order valence-electron chi connectivity index (χ0n) is 9.68. The molecule has 0 saturated carbocycles. The van der Waals surface area contributed by atoms with Gasteiger partial charge in [-0.05, 0) is 12.8 Å². The number of aryl methyl sites for hydroxylation is 1. The maximum Gasteiger partial charge on any atom is 0.180 e. The average molecular weight is 278 g/mol. The largest absolute Gasteiger partial charge is 0.394 e. The lowest BCUT2D eigenvalue weighted by atomic mass is 10.1. The number of alkyl halides is 1. The highest BCUT2D eigenvalue weighted by atomic mass is 35.5. The van der Waals surface area contributed by atoms with Crippen LogP contribution in [-0.2, 0) is 11.2 Å². The van der Waals surface area contributed by atoms with E-state index in [2.05, 4.69) is 10.3 Å². The number of hydrogen-bond acceptors (Lipinski definition) is 6. The van der Waals surface area contributed by atoms with Gasteiger partial charge >= 0.3 is 0 Å². The molecule has 1 aliphatic heterocycles. The summed E-state index contributed by atoms with van der Waals surface area (Å²) in [6.45, 7) is -0.359. The molecule has 1 aromatic rings. The summed E-state index contributed by atoms with van der Waals surface area (Å²) < 4.78 is 6.68. The topological polar surface area (TPSA) is 101 Å². The number of rotatable bonds is 5. The second-order valence-electron chi connectivity index (χ2n) is 4.21. The maximum atomic E-state index is 9.80. The SMILES string of the molecule is OC[C@H]1O[C@@H](n2cc(CCCCl)nn2)[C@H](O)[C@@H]1O. The van der Waals surface area contributed by atoms with E-state index in [1.807, 2.05) is 0 Å². The summed E-state index contributed by atoms with van der Waals surface area (Å²) in [7, 11) is 0. The molecule has 0 bridgehead atoms. The Bertz CT molecular complexity index is 389. The van der Waals surface area contributed by atoms with Crippen LogP contribution in [0, 0.1) is 0 Å². The minimum absolute atomic E-state index is 0.359. The first kappa shape index (κ1) is 13.7. The fraction of sp³-hybridized carbons (Fsp3) is 0.800. The molecule has 8 heteroatoms. The Balaban J connectivity index is 2.05. The van der Waals surface area contributed by atoms with Crippen molar-refractivity contribution in [2.45, 2.75) is 37.4 Å². The summed E-state index contributed by atoms with van der Waals surface area (Å²) in [5.41, 5.74) is 0.744. The summed E-state index contributed by atoms with van der Waals surface area (Å²) in [6, 6.07) is 0. The number of aromatic nitrogens is 3. The first-order valence-corrected chi connectivity index (χ1v) is 6.30. The Morgan fingerprint density at radius 2 is 2.17 bits per heavy atom. The Kier molecular flexibility index (Phi) is 4.52. The van der Waals surface area contributed by atoms with Gasteiger partial charge in [0.1, 0.15) is 18.3 Å². The summed E-state index contributed by atoms with van der Waals surface area (Å²) in [4.78, 5) is 0. The highest BCUT2D eigenvalue weighted by Crippen LogP contribution is 2.28. The summed E-state index contributed by atoms with van der Waals surface area (Å²) in [5.74, 6) is 0.542. The standard InChI is InChI=1S/C10H16ClN3O4/c11-3-1-2-6-4-14(13-12-6)10-9(17)8(16)7(5-15)18-10/h4,7-10,15-17H,1-3,5H2/t7-,8-,9-,10-/m1/s1. The van der Waals surface area contributed by atoms with Gasteiger partial charge in [-0.2, -0.15) is 0 Å². The fourth-order valence-electron chi connectivity index (χ4n) is 1.90. The summed E-state index contributed by atoms with van der Waals surface area (Å²) in [5, 5.41) is 36.2. The minimum Gasteiger partial charge on any atom is -0.394 e. The lowest BCUT2D eigenvalue weighted by Gasteiger charge is -2.13. The van der Waals surface area contributed by atoms with Crippen LogP contribution in [0.1, 0.15) is 18.3 Å². The van der Waals surface area contributed by atoms with Crippen molar-refractivity contribution in [3.8, 4) is 0 Å². The van der Waals surface area contributed by atoms with E-state index in [4.69, 9.17) is 21.4 Å². The third-order valence-electron chi connectivity index (χ3n) is 2.90. The number of ether oxygens (including phenoxy) is 1. The fourth-order valence-corrected chi connectivity index (χ4v) is 2.03. The highest BCUT2D eigenvalue weighted by Gasteiger charge is 2.43. The monoisotopic (exact) mass is 277 g/mol. The molecule has 102 valence electrons. The van der Waals surface area contributed by atoms with Crippen LogP contribution in [0.5, 0.6) is 0 Å². The van der Waals surface area contributed by atoms with Crippen LogP contribution < -0.4 is 0 Å². The molecule has 0 unspecified atom stereocenters. The van der Waals surface area contributed by atoms with Crippen molar-refractivity contribution in [2.75, 3.05) is 12.5 Å². The van der Waals surface area contributed by atoms with Gasteiger partial charge in [0.05, 0.1) is 18.5 Å². The third kappa shape index (κ3) is 2.65. The Labute approximate surface area is 109 Å². The molecule has 0 aliphatic carbocycles. The lowest BCUT2D eigenvalue weighted by molar-refractivity contribution is -0.0594. The molecule has 7 nitrogen and oxygen atoms in total.